The molecule has 84 heavy (non-hydrogen) atoms. The van der Waals surface area contributed by atoms with Gasteiger partial charge in [0.05, 0.1) is 38.8 Å². The fourth-order valence-electron chi connectivity index (χ4n) is 15.3. The summed E-state index contributed by atoms with van der Waals surface area (Å²) in [5.41, 5.74) is 16.7. The first-order valence-electron chi connectivity index (χ1n) is 29.2. The van der Waals surface area contributed by atoms with Gasteiger partial charge in [0.1, 0.15) is 23.0 Å². The number of anilines is 1. The summed E-state index contributed by atoms with van der Waals surface area (Å²) in [6, 6.07) is 69.6. The molecule has 2 heterocycles. The zero-order valence-electron chi connectivity index (χ0n) is 47.9. The van der Waals surface area contributed by atoms with Gasteiger partial charge in [-0.05, 0) is 171 Å². The van der Waals surface area contributed by atoms with Crippen molar-refractivity contribution < 1.29 is 28.7 Å². The zero-order chi connectivity index (χ0) is 57.8. The number of hydrogen-bond donors (Lipinski definition) is 0. The second-order valence-electron chi connectivity index (χ2n) is 24.6. The van der Waals surface area contributed by atoms with Crippen LogP contribution in [0.3, 0.4) is 0 Å². The summed E-state index contributed by atoms with van der Waals surface area (Å²) < 4.78 is 13.0. The van der Waals surface area contributed by atoms with Crippen molar-refractivity contribution in [1.82, 2.24) is 4.90 Å². The van der Waals surface area contributed by atoms with Gasteiger partial charge < -0.3 is 9.47 Å². The van der Waals surface area contributed by atoms with E-state index >= 15 is 0 Å². The van der Waals surface area contributed by atoms with Crippen LogP contribution in [0, 0.1) is 11.8 Å². The Labute approximate surface area is 489 Å². The second-order valence-corrected chi connectivity index (χ2v) is 24.6. The van der Waals surface area contributed by atoms with Gasteiger partial charge in [-0.25, -0.2) is 4.90 Å². The van der Waals surface area contributed by atoms with Gasteiger partial charge in [0.2, 0.25) is 0 Å². The van der Waals surface area contributed by atoms with Crippen molar-refractivity contribution in [2.45, 2.75) is 76.7 Å². The maximum Gasteiger partial charge on any atom is 0.266 e. The van der Waals surface area contributed by atoms with Gasteiger partial charge in [0, 0.05) is 16.9 Å². The van der Waals surface area contributed by atoms with Gasteiger partial charge >= 0.3 is 0 Å². The summed E-state index contributed by atoms with van der Waals surface area (Å²) in [7, 11) is 0. The van der Waals surface area contributed by atoms with Crippen molar-refractivity contribution in [2.75, 3.05) is 4.90 Å². The van der Waals surface area contributed by atoms with E-state index < -0.39 is 22.3 Å². The molecule has 0 aromatic heterocycles. The van der Waals surface area contributed by atoms with E-state index in [1.807, 2.05) is 57.2 Å². The molecular formula is C76H60N2O6. The summed E-state index contributed by atoms with van der Waals surface area (Å²) in [6.07, 6.45) is 3.14. The lowest BCUT2D eigenvalue weighted by atomic mass is 9.60. The minimum atomic E-state index is -0.728. The van der Waals surface area contributed by atoms with Gasteiger partial charge in [0.25, 0.3) is 23.6 Å². The number of ether oxygens (including phenoxy) is 2. The van der Waals surface area contributed by atoms with E-state index in [0.29, 0.717) is 51.8 Å². The molecule has 4 amide bonds. The highest BCUT2D eigenvalue weighted by molar-refractivity contribution is 6.34. The predicted octanol–water partition coefficient (Wildman–Crippen LogP) is 16.8. The van der Waals surface area contributed by atoms with Crippen LogP contribution in [-0.4, -0.2) is 34.1 Å². The molecule has 5 aliphatic carbocycles. The maximum atomic E-state index is 14.6. The topological polar surface area (TPSA) is 93.2 Å². The molecule has 0 N–H and O–H groups in total. The van der Waals surface area contributed by atoms with Crippen LogP contribution in [0.5, 0.6) is 23.0 Å². The van der Waals surface area contributed by atoms with Gasteiger partial charge in [-0.2, -0.15) is 0 Å². The summed E-state index contributed by atoms with van der Waals surface area (Å²) in [5, 5.41) is 0. The molecule has 4 bridgehead atoms. The highest BCUT2D eigenvalue weighted by Crippen LogP contribution is 2.64. The number of amides is 4. The fraction of sp³-hybridized carbons (Fsp3) is 0.184. The lowest BCUT2D eigenvalue weighted by molar-refractivity contribution is 0.0473. The number of benzene rings is 9. The lowest BCUT2D eigenvalue weighted by Crippen LogP contribution is -2.47. The molecule has 0 radical (unpaired) electrons. The Bertz CT molecular complexity index is 4370. The van der Waals surface area contributed by atoms with Crippen LogP contribution >= 0.6 is 0 Å². The quantitative estimate of drug-likeness (QED) is 0.100. The third kappa shape index (κ3) is 6.94. The average Bonchev–Trinajstić information content (AvgIpc) is 1.58. The summed E-state index contributed by atoms with van der Waals surface area (Å²) in [4.78, 5) is 58.5. The molecule has 7 aliphatic rings. The number of carbonyl (C=O) groups excluding carboxylic acids is 4. The molecule has 0 fully saturated rings. The number of hydrogen-bond acceptors (Lipinski definition) is 6. The van der Waals surface area contributed by atoms with Crippen LogP contribution in [0.2, 0.25) is 0 Å². The number of nitrogens with zero attached hydrogens (tertiary/aromatic N) is 2. The molecule has 0 saturated heterocycles. The molecule has 2 aliphatic heterocycles. The summed E-state index contributed by atoms with van der Waals surface area (Å²) >= 11 is 0. The van der Waals surface area contributed by atoms with Crippen LogP contribution in [-0.2, 0) is 16.2 Å². The Balaban J connectivity index is 0.720. The fourth-order valence-corrected chi connectivity index (χ4v) is 15.3. The minimum Gasteiger partial charge on any atom is -0.457 e. The standard InChI is InChI=1S/C76H60N2O6/c1-8-73(4,5)78-71(81)59-40-38-55(43-62(59)72(78)82)84-53-35-29-48(30-36-53)75(63-18-12-9-15-56(63)57-16-10-13-19-64(57)75)47-27-33-52(34-28-47)83-54-37-39-58-61(42-54)70(80)77(69(58)79)51-31-25-50(26-32-51)76-49-23-21-46(22-24-49)74(6,7)66-41-44(2)67(68(76)45(66)3)60-17-11-14-20-65(60)76/h9-45H,8H2,1-7H3. The molecule has 0 spiro atoms. The lowest BCUT2D eigenvalue weighted by Gasteiger charge is -2.42. The first kappa shape index (κ1) is 51.2. The molecule has 9 aromatic rings. The normalized spacial score (nSPS) is 20.0. The van der Waals surface area contributed by atoms with Crippen molar-refractivity contribution >= 4 is 34.9 Å². The van der Waals surface area contributed by atoms with E-state index in [-0.39, 0.29) is 40.5 Å². The van der Waals surface area contributed by atoms with E-state index in [9.17, 15) is 19.2 Å². The van der Waals surface area contributed by atoms with Crippen molar-refractivity contribution in [2.24, 2.45) is 11.8 Å². The molecule has 16 rings (SSSR count). The molecule has 3 atom stereocenters. The molecule has 0 saturated carbocycles. The number of rotatable bonds is 10. The van der Waals surface area contributed by atoms with E-state index in [0.717, 1.165) is 38.9 Å². The van der Waals surface area contributed by atoms with Gasteiger partial charge in [0.15, 0.2) is 0 Å². The Morgan fingerprint density at radius 3 is 1.38 bits per heavy atom. The summed E-state index contributed by atoms with van der Waals surface area (Å²) in [5.74, 6) is 1.05. The van der Waals surface area contributed by atoms with Crippen molar-refractivity contribution in [3.63, 3.8) is 0 Å². The van der Waals surface area contributed by atoms with E-state index in [1.54, 1.807) is 36.4 Å². The molecular weight excluding hydrogens is 1040 g/mol. The van der Waals surface area contributed by atoms with Gasteiger partial charge in [-0.15, -0.1) is 0 Å². The highest BCUT2D eigenvalue weighted by Gasteiger charge is 2.54. The molecule has 3 unspecified atom stereocenters. The number of imide groups is 2. The Hall–Kier alpha value is -9.66. The highest BCUT2D eigenvalue weighted by atomic mass is 16.5. The smallest absolute Gasteiger partial charge is 0.266 e. The molecule has 8 heteroatoms. The first-order valence-corrected chi connectivity index (χ1v) is 29.2. The van der Waals surface area contributed by atoms with E-state index in [1.165, 1.54) is 48.8 Å². The van der Waals surface area contributed by atoms with Crippen molar-refractivity contribution in [3.05, 3.63) is 296 Å². The Kier molecular flexibility index (Phi) is 11.1. The maximum absolute atomic E-state index is 14.6. The van der Waals surface area contributed by atoms with Crippen LogP contribution in [0.15, 0.2) is 223 Å². The molecule has 8 nitrogen and oxygen atoms in total. The number of fused-ring (bicyclic) bond motifs is 9. The Morgan fingerprint density at radius 2 is 0.845 bits per heavy atom. The zero-order valence-corrected chi connectivity index (χ0v) is 47.9. The monoisotopic (exact) mass is 1100 g/mol. The summed E-state index contributed by atoms with van der Waals surface area (Å²) in [6.45, 7) is 15.2. The van der Waals surface area contributed by atoms with Crippen LogP contribution in [0.25, 0.3) is 16.7 Å². The largest absolute Gasteiger partial charge is 0.457 e. The second kappa shape index (κ2) is 18.2. The van der Waals surface area contributed by atoms with Crippen molar-refractivity contribution in [1.29, 1.82) is 0 Å². The number of carbonyl (C=O) groups is 4. The van der Waals surface area contributed by atoms with Gasteiger partial charge in [-0.3, -0.25) is 24.1 Å². The van der Waals surface area contributed by atoms with Crippen LogP contribution in [0.1, 0.15) is 146 Å². The molecule has 9 aromatic carbocycles. The van der Waals surface area contributed by atoms with Crippen LogP contribution < -0.4 is 14.4 Å². The van der Waals surface area contributed by atoms with E-state index in [4.69, 9.17) is 9.47 Å². The predicted molar refractivity (Wildman–Crippen MR) is 328 cm³/mol. The Morgan fingerprint density at radius 1 is 0.440 bits per heavy atom. The minimum absolute atomic E-state index is 0.161. The molecule has 410 valence electrons. The van der Waals surface area contributed by atoms with E-state index in [2.05, 4.69) is 167 Å². The average molecular weight is 1100 g/mol. The van der Waals surface area contributed by atoms with Crippen molar-refractivity contribution in [3.8, 4) is 34.1 Å². The number of allylic oxidation sites excluding steroid dienone is 4. The first-order chi connectivity index (χ1) is 40.6. The third-order valence-electron chi connectivity index (χ3n) is 19.6. The van der Waals surface area contributed by atoms with Gasteiger partial charge in [-0.1, -0.05) is 180 Å². The van der Waals surface area contributed by atoms with Crippen LogP contribution in [0.4, 0.5) is 5.69 Å². The SMILES string of the molecule is CCC(C)(C)N1C(=O)c2ccc(Oc3ccc(C4(c5ccc(Oc6ccc7c(c6)C(=O)N(c6ccc(C89C%10=C(c%11ccccc%118)C(C)C=C(C%10C)C(C)(C)c8ccc9cc8)cc6)C7=O)cc5)c5ccccc5-c5ccccc54)cc3)cc2C1=O. The third-order valence-corrected chi connectivity index (χ3v) is 19.6.